The summed E-state index contributed by atoms with van der Waals surface area (Å²) in [6, 6.07) is 5.23. The molecule has 0 bridgehead atoms. The van der Waals surface area contributed by atoms with Gasteiger partial charge in [0, 0.05) is 11.6 Å². The molecular weight excluding hydrogens is 262 g/mol. The molecule has 106 valence electrons. The fraction of sp³-hybridized carbons (Fsp3) is 0.286. The van der Waals surface area contributed by atoms with Crippen molar-refractivity contribution < 1.29 is 23.4 Å². The number of carbonyl (C=O) groups excluding carboxylic acids is 1. The quantitative estimate of drug-likeness (QED) is 0.799. The molecule has 0 spiro atoms. The number of rotatable bonds is 4. The minimum Gasteiger partial charge on any atom is -0.497 e. The van der Waals surface area contributed by atoms with Crippen LogP contribution in [0.25, 0.3) is 11.5 Å². The van der Waals surface area contributed by atoms with E-state index in [1.807, 2.05) is 0 Å². The van der Waals surface area contributed by atoms with Gasteiger partial charge in [0.25, 0.3) is 0 Å². The second-order valence-corrected chi connectivity index (χ2v) is 4.03. The summed E-state index contributed by atoms with van der Waals surface area (Å²) in [6.07, 6.45) is 0. The number of aromatic nitrogens is 1. The van der Waals surface area contributed by atoms with Gasteiger partial charge < -0.3 is 18.6 Å². The smallest absolute Gasteiger partial charge is 0.375 e. The highest BCUT2D eigenvalue weighted by Crippen LogP contribution is 2.30. The predicted molar refractivity (Wildman–Crippen MR) is 71.1 cm³/mol. The summed E-state index contributed by atoms with van der Waals surface area (Å²) >= 11 is 0. The van der Waals surface area contributed by atoms with Crippen LogP contribution >= 0.6 is 0 Å². The van der Waals surface area contributed by atoms with Crippen LogP contribution in [0.5, 0.6) is 11.5 Å². The predicted octanol–water partition coefficient (Wildman–Crippen LogP) is 2.45. The Hall–Kier alpha value is -2.50. The van der Waals surface area contributed by atoms with Crippen LogP contribution < -0.4 is 9.47 Å². The third-order valence-corrected chi connectivity index (χ3v) is 2.77. The van der Waals surface area contributed by atoms with Crippen LogP contribution in [0.3, 0.4) is 0 Å². The van der Waals surface area contributed by atoms with Gasteiger partial charge in [0.1, 0.15) is 11.5 Å². The molecule has 20 heavy (non-hydrogen) atoms. The molecule has 0 aliphatic carbocycles. The van der Waals surface area contributed by atoms with E-state index in [2.05, 4.69) is 9.72 Å². The SMILES string of the molecule is COC(=O)c1oc(-c2cc(OC)cc(OC)c2)nc1C. The molecule has 0 atom stereocenters. The minimum atomic E-state index is -0.559. The van der Waals surface area contributed by atoms with E-state index in [-0.39, 0.29) is 5.76 Å². The Kier molecular flexibility index (Phi) is 3.93. The van der Waals surface area contributed by atoms with Gasteiger partial charge in [-0.15, -0.1) is 0 Å². The maximum Gasteiger partial charge on any atom is 0.375 e. The zero-order valence-electron chi connectivity index (χ0n) is 11.7. The molecule has 0 aliphatic heterocycles. The molecule has 0 amide bonds. The minimum absolute atomic E-state index is 0.0873. The molecule has 0 aliphatic rings. The molecule has 1 aromatic heterocycles. The molecule has 0 saturated heterocycles. The van der Waals surface area contributed by atoms with Crippen LogP contribution in [-0.4, -0.2) is 32.3 Å². The van der Waals surface area contributed by atoms with E-state index in [4.69, 9.17) is 13.9 Å². The third-order valence-electron chi connectivity index (χ3n) is 2.77. The number of methoxy groups -OCH3 is 3. The summed E-state index contributed by atoms with van der Waals surface area (Å²) in [5.74, 6) is 1.05. The van der Waals surface area contributed by atoms with Gasteiger partial charge in [-0.1, -0.05) is 0 Å². The second-order valence-electron chi connectivity index (χ2n) is 4.03. The van der Waals surface area contributed by atoms with Crippen molar-refractivity contribution in [3.63, 3.8) is 0 Å². The standard InChI is InChI=1S/C14H15NO5/c1-8-12(14(16)19-4)20-13(15-8)9-5-10(17-2)7-11(6-9)18-3/h5-7H,1-4H3. The lowest BCUT2D eigenvalue weighted by atomic mass is 10.2. The lowest BCUT2D eigenvalue weighted by Crippen LogP contribution is -2.00. The van der Waals surface area contributed by atoms with Gasteiger partial charge in [-0.05, 0) is 19.1 Å². The number of ether oxygens (including phenoxy) is 3. The number of carbonyl (C=O) groups is 1. The first kappa shape index (κ1) is 13.9. The zero-order valence-corrected chi connectivity index (χ0v) is 11.7. The molecule has 0 unspecified atom stereocenters. The van der Waals surface area contributed by atoms with Crippen LogP contribution in [0.2, 0.25) is 0 Å². The van der Waals surface area contributed by atoms with Gasteiger partial charge in [0.05, 0.1) is 27.0 Å². The van der Waals surface area contributed by atoms with Crippen molar-refractivity contribution in [2.45, 2.75) is 6.92 Å². The fourth-order valence-electron chi connectivity index (χ4n) is 1.73. The Balaban J connectivity index is 2.48. The van der Waals surface area contributed by atoms with Crippen molar-refractivity contribution in [3.05, 3.63) is 29.7 Å². The number of nitrogens with zero attached hydrogens (tertiary/aromatic N) is 1. The Bertz CT molecular complexity index is 610. The lowest BCUT2D eigenvalue weighted by molar-refractivity contribution is 0.0565. The average Bonchev–Trinajstić information content (AvgIpc) is 2.87. The monoisotopic (exact) mass is 277 g/mol. The highest BCUT2D eigenvalue weighted by molar-refractivity contribution is 5.87. The van der Waals surface area contributed by atoms with Crippen molar-refractivity contribution >= 4 is 5.97 Å². The topological polar surface area (TPSA) is 70.8 Å². The maximum absolute atomic E-state index is 11.5. The summed E-state index contributed by atoms with van der Waals surface area (Å²) in [6.45, 7) is 1.68. The van der Waals surface area contributed by atoms with E-state index in [1.54, 1.807) is 39.3 Å². The largest absolute Gasteiger partial charge is 0.497 e. The van der Waals surface area contributed by atoms with Gasteiger partial charge >= 0.3 is 5.97 Å². The maximum atomic E-state index is 11.5. The van der Waals surface area contributed by atoms with Gasteiger partial charge in [0.15, 0.2) is 0 Å². The molecule has 2 aromatic rings. The third kappa shape index (κ3) is 2.59. The lowest BCUT2D eigenvalue weighted by Gasteiger charge is -2.06. The van der Waals surface area contributed by atoms with Crippen LogP contribution in [0.15, 0.2) is 22.6 Å². The number of esters is 1. The van der Waals surface area contributed by atoms with Gasteiger partial charge in [0.2, 0.25) is 11.7 Å². The molecule has 6 heteroatoms. The Morgan fingerprint density at radius 1 is 1.10 bits per heavy atom. The summed E-state index contributed by atoms with van der Waals surface area (Å²) in [5.41, 5.74) is 1.12. The normalized spacial score (nSPS) is 10.2. The molecule has 1 heterocycles. The van der Waals surface area contributed by atoms with Crippen molar-refractivity contribution in [2.24, 2.45) is 0 Å². The second kappa shape index (κ2) is 5.64. The van der Waals surface area contributed by atoms with E-state index in [0.717, 1.165) is 0 Å². The molecule has 1 aromatic carbocycles. The number of aryl methyl sites for hydroxylation is 1. The van der Waals surface area contributed by atoms with Crippen molar-refractivity contribution in [3.8, 4) is 23.0 Å². The highest BCUT2D eigenvalue weighted by atomic mass is 16.5. The molecule has 6 nitrogen and oxygen atoms in total. The summed E-state index contributed by atoms with van der Waals surface area (Å²) in [5, 5.41) is 0. The van der Waals surface area contributed by atoms with Crippen molar-refractivity contribution in [1.82, 2.24) is 4.98 Å². The van der Waals surface area contributed by atoms with E-state index < -0.39 is 5.97 Å². The van der Waals surface area contributed by atoms with Crippen LogP contribution in [0.4, 0.5) is 0 Å². The van der Waals surface area contributed by atoms with Gasteiger partial charge in [-0.25, -0.2) is 9.78 Å². The number of hydrogen-bond donors (Lipinski definition) is 0. The molecule has 2 rings (SSSR count). The van der Waals surface area contributed by atoms with Crippen molar-refractivity contribution in [1.29, 1.82) is 0 Å². The first-order chi connectivity index (χ1) is 9.58. The Labute approximate surface area is 116 Å². The molecule has 0 fully saturated rings. The van der Waals surface area contributed by atoms with Gasteiger partial charge in [-0.3, -0.25) is 0 Å². The fourth-order valence-corrected chi connectivity index (χ4v) is 1.73. The summed E-state index contributed by atoms with van der Waals surface area (Å²) in [7, 11) is 4.40. The summed E-state index contributed by atoms with van der Waals surface area (Å²) < 4.78 is 20.5. The first-order valence-electron chi connectivity index (χ1n) is 5.88. The zero-order chi connectivity index (χ0) is 14.7. The van der Waals surface area contributed by atoms with E-state index in [1.165, 1.54) is 7.11 Å². The highest BCUT2D eigenvalue weighted by Gasteiger charge is 2.19. The molecular formula is C14H15NO5. The average molecular weight is 277 g/mol. The Morgan fingerprint density at radius 2 is 1.70 bits per heavy atom. The van der Waals surface area contributed by atoms with Crippen molar-refractivity contribution in [2.75, 3.05) is 21.3 Å². The van der Waals surface area contributed by atoms with Crippen LogP contribution in [-0.2, 0) is 4.74 Å². The van der Waals surface area contributed by atoms with E-state index >= 15 is 0 Å². The van der Waals surface area contributed by atoms with Crippen LogP contribution in [0, 0.1) is 6.92 Å². The van der Waals surface area contributed by atoms with E-state index in [9.17, 15) is 4.79 Å². The van der Waals surface area contributed by atoms with Crippen LogP contribution in [0.1, 0.15) is 16.2 Å². The van der Waals surface area contributed by atoms with Gasteiger partial charge in [-0.2, -0.15) is 0 Å². The molecule has 0 N–H and O–H groups in total. The number of benzene rings is 1. The summed E-state index contributed by atoms with van der Waals surface area (Å²) in [4.78, 5) is 15.7. The number of hydrogen-bond acceptors (Lipinski definition) is 6. The molecule has 0 radical (unpaired) electrons. The van der Waals surface area contributed by atoms with E-state index in [0.29, 0.717) is 28.6 Å². The Morgan fingerprint density at radius 3 is 2.20 bits per heavy atom. The molecule has 0 saturated carbocycles. The number of oxazole rings is 1. The first-order valence-corrected chi connectivity index (χ1v) is 5.88.